The van der Waals surface area contributed by atoms with Gasteiger partial charge in [0, 0.05) is 43.0 Å². The van der Waals surface area contributed by atoms with Gasteiger partial charge in [-0.2, -0.15) is 0 Å². The van der Waals surface area contributed by atoms with Gasteiger partial charge < -0.3 is 25.3 Å². The number of likely N-dealkylation sites (tertiary alicyclic amines) is 2. The molecule has 8 nitrogen and oxygen atoms in total. The molecular weight excluding hydrogens is 497 g/mol. The number of hydrogen-bond acceptors (Lipinski definition) is 6. The summed E-state index contributed by atoms with van der Waals surface area (Å²) in [5, 5.41) is 0. The van der Waals surface area contributed by atoms with Crippen molar-refractivity contribution < 1.29 is 22.7 Å². The van der Waals surface area contributed by atoms with Gasteiger partial charge in [-0.1, -0.05) is 0 Å². The van der Waals surface area contributed by atoms with Gasteiger partial charge in [-0.3, -0.25) is 4.79 Å². The number of pyridine rings is 1. The van der Waals surface area contributed by atoms with Gasteiger partial charge in [0.1, 0.15) is 11.6 Å². The number of nitrogens with one attached hydrogen (secondary N) is 1. The number of halogens is 3. The molecule has 3 aromatic rings. The monoisotopic (exact) mass is 528 g/mol. The number of amides is 1. The fraction of sp³-hybridized carbons (Fsp3) is 0.519. The van der Waals surface area contributed by atoms with Crippen LogP contribution in [-0.4, -0.2) is 69.2 Å². The van der Waals surface area contributed by atoms with E-state index in [-0.39, 0.29) is 23.1 Å². The first kappa shape index (κ1) is 25.0. The quantitative estimate of drug-likeness (QED) is 0.462. The Hall–Kier alpha value is -3.34. The number of rotatable bonds is 5. The summed E-state index contributed by atoms with van der Waals surface area (Å²) in [4.78, 5) is 30.4. The summed E-state index contributed by atoms with van der Waals surface area (Å²) in [6.07, 6.45) is 3.40. The molecule has 4 heterocycles. The molecule has 0 unspecified atom stereocenters. The first-order valence-electron chi connectivity index (χ1n) is 13.3. The lowest BCUT2D eigenvalue weighted by atomic mass is 9.89. The molecule has 1 aliphatic carbocycles. The highest BCUT2D eigenvalue weighted by Crippen LogP contribution is 2.37. The summed E-state index contributed by atoms with van der Waals surface area (Å²) in [5.74, 6) is 0.955. The van der Waals surface area contributed by atoms with Gasteiger partial charge in [-0.15, -0.1) is 13.2 Å². The Morgan fingerprint density at radius 3 is 2.37 bits per heavy atom. The average Bonchev–Trinajstić information content (AvgIpc) is 3.65. The van der Waals surface area contributed by atoms with Crippen molar-refractivity contribution in [2.24, 2.45) is 0 Å². The van der Waals surface area contributed by atoms with Crippen LogP contribution in [0.5, 0.6) is 5.75 Å². The summed E-state index contributed by atoms with van der Waals surface area (Å²) >= 11 is 0. The third kappa shape index (κ3) is 5.16. The first-order valence-corrected chi connectivity index (χ1v) is 13.3. The highest BCUT2D eigenvalue weighted by molar-refractivity contribution is 5.99. The number of anilines is 1. The molecule has 2 saturated heterocycles. The molecule has 6 rings (SSSR count). The van der Waals surface area contributed by atoms with Crippen molar-refractivity contribution in [2.45, 2.75) is 62.8 Å². The lowest BCUT2D eigenvalue weighted by Gasteiger charge is -2.32. The number of carbonyl (C=O) groups is 1. The Morgan fingerprint density at radius 2 is 1.71 bits per heavy atom. The molecular formula is C27H31F3N6O2. The lowest BCUT2D eigenvalue weighted by Crippen LogP contribution is -2.38. The molecule has 1 saturated carbocycles. The van der Waals surface area contributed by atoms with Crippen molar-refractivity contribution in [1.29, 1.82) is 0 Å². The third-order valence-corrected chi connectivity index (χ3v) is 8.13. The van der Waals surface area contributed by atoms with Crippen LogP contribution in [0.15, 0.2) is 30.5 Å². The molecule has 0 atom stereocenters. The summed E-state index contributed by atoms with van der Waals surface area (Å²) in [7, 11) is 0. The molecule has 1 amide bonds. The topological polar surface area (TPSA) is 100 Å². The Kier molecular flexibility index (Phi) is 6.41. The van der Waals surface area contributed by atoms with Gasteiger partial charge in [0.2, 0.25) is 0 Å². The number of fused-ring (bicyclic) bond motifs is 1. The van der Waals surface area contributed by atoms with Crippen LogP contribution in [0.2, 0.25) is 0 Å². The number of H-pyrrole nitrogens is 1. The number of nitrogens with zero attached hydrogens (tertiary/aromatic N) is 4. The molecule has 3 aliphatic rings. The Balaban J connectivity index is 1.11. The number of aromatic amines is 1. The second-order valence-corrected chi connectivity index (χ2v) is 10.6. The summed E-state index contributed by atoms with van der Waals surface area (Å²) in [6.45, 7) is 3.30. The van der Waals surface area contributed by atoms with Gasteiger partial charge in [-0.25, -0.2) is 9.97 Å². The number of ether oxygens (including phenoxy) is 1. The van der Waals surface area contributed by atoms with E-state index in [1.165, 1.54) is 24.5 Å². The summed E-state index contributed by atoms with van der Waals surface area (Å²) in [6, 6.07) is 6.28. The maximum atomic E-state index is 13.1. The van der Waals surface area contributed by atoms with Crippen molar-refractivity contribution in [3.05, 3.63) is 47.4 Å². The van der Waals surface area contributed by atoms with Crippen LogP contribution in [0.1, 0.15) is 72.1 Å². The third-order valence-electron chi connectivity index (χ3n) is 8.13. The number of imidazole rings is 1. The van der Waals surface area contributed by atoms with Crippen molar-refractivity contribution in [1.82, 2.24) is 24.8 Å². The number of carbonyl (C=O) groups excluding carboxylic acids is 1. The highest BCUT2D eigenvalue weighted by atomic mass is 19.4. The summed E-state index contributed by atoms with van der Waals surface area (Å²) in [5.41, 5.74) is 8.94. The molecule has 3 N–H and O–H groups in total. The minimum absolute atomic E-state index is 0.0392. The largest absolute Gasteiger partial charge is 0.573 e. The van der Waals surface area contributed by atoms with E-state index in [1.54, 1.807) is 11.1 Å². The van der Waals surface area contributed by atoms with E-state index in [0.717, 1.165) is 73.9 Å². The van der Waals surface area contributed by atoms with E-state index in [9.17, 15) is 18.0 Å². The zero-order valence-electron chi connectivity index (χ0n) is 21.0. The first-order chi connectivity index (χ1) is 18.2. The predicted molar refractivity (Wildman–Crippen MR) is 136 cm³/mol. The molecule has 2 aliphatic heterocycles. The van der Waals surface area contributed by atoms with Crippen molar-refractivity contribution in [2.75, 3.05) is 31.9 Å². The van der Waals surface area contributed by atoms with Crippen LogP contribution in [0.4, 0.5) is 18.9 Å². The normalized spacial score (nSPS) is 20.2. The number of piperidine rings is 2. The fourth-order valence-corrected chi connectivity index (χ4v) is 5.96. The van der Waals surface area contributed by atoms with Crippen LogP contribution >= 0.6 is 0 Å². The van der Waals surface area contributed by atoms with Gasteiger partial charge in [0.15, 0.2) is 5.65 Å². The number of hydrogen-bond donors (Lipinski definition) is 2. The van der Waals surface area contributed by atoms with Crippen molar-refractivity contribution in [3.63, 3.8) is 0 Å². The molecule has 0 bridgehead atoms. The molecule has 0 radical (unpaired) electrons. The van der Waals surface area contributed by atoms with E-state index in [1.807, 2.05) is 6.07 Å². The highest BCUT2D eigenvalue weighted by Gasteiger charge is 2.34. The lowest BCUT2D eigenvalue weighted by molar-refractivity contribution is -0.274. The van der Waals surface area contributed by atoms with Crippen LogP contribution in [0.3, 0.4) is 0 Å². The van der Waals surface area contributed by atoms with Crippen LogP contribution < -0.4 is 10.5 Å². The number of alkyl halides is 3. The number of nitrogens with two attached hydrogens (primary N) is 1. The van der Waals surface area contributed by atoms with Gasteiger partial charge in [0.05, 0.1) is 11.1 Å². The Morgan fingerprint density at radius 1 is 1.00 bits per heavy atom. The van der Waals surface area contributed by atoms with Gasteiger partial charge >= 0.3 is 6.36 Å². The zero-order valence-corrected chi connectivity index (χ0v) is 21.0. The molecule has 1 aromatic carbocycles. The minimum atomic E-state index is -4.82. The SMILES string of the molecule is Nc1cc(OC(F)(F)F)ccc1C(=O)N1CCC(c2ccnc3nc(C4CCN(C5CC5)CC4)[nH]c23)CC1. The second kappa shape index (κ2) is 9.76. The van der Waals surface area contributed by atoms with Crippen molar-refractivity contribution >= 4 is 22.8 Å². The van der Waals surface area contributed by atoms with E-state index in [0.29, 0.717) is 19.0 Å². The predicted octanol–water partition coefficient (Wildman–Crippen LogP) is 4.80. The maximum absolute atomic E-state index is 13.1. The van der Waals surface area contributed by atoms with Crippen LogP contribution in [0, 0.1) is 0 Å². The van der Waals surface area contributed by atoms with E-state index in [2.05, 4.69) is 19.6 Å². The average molecular weight is 529 g/mol. The second-order valence-electron chi connectivity index (χ2n) is 10.6. The van der Waals surface area contributed by atoms with Gasteiger partial charge in [0.25, 0.3) is 5.91 Å². The molecule has 2 aromatic heterocycles. The fourth-order valence-electron chi connectivity index (χ4n) is 5.96. The molecule has 202 valence electrons. The van der Waals surface area contributed by atoms with Crippen LogP contribution in [-0.2, 0) is 0 Å². The molecule has 3 fully saturated rings. The molecule has 11 heteroatoms. The van der Waals surface area contributed by atoms with E-state index >= 15 is 0 Å². The Labute approximate surface area is 218 Å². The standard InChI is InChI=1S/C27H31F3N6O2/c28-27(29,30)38-19-3-4-21(22(31)15-19)26(37)36-13-6-16(7-14-36)20-5-10-32-25-23(20)33-24(34-25)17-8-11-35(12-9-17)18-1-2-18/h3-5,10,15-18H,1-2,6-9,11-14,31H2,(H,32,33,34). The number of aromatic nitrogens is 3. The Bertz CT molecular complexity index is 1320. The molecule has 0 spiro atoms. The van der Waals surface area contributed by atoms with Gasteiger partial charge in [-0.05, 0) is 81.3 Å². The summed E-state index contributed by atoms with van der Waals surface area (Å²) < 4.78 is 41.4. The molecule has 38 heavy (non-hydrogen) atoms. The number of benzene rings is 1. The van der Waals surface area contributed by atoms with Crippen LogP contribution in [0.25, 0.3) is 11.2 Å². The number of nitrogen functional groups attached to an aromatic ring is 1. The minimum Gasteiger partial charge on any atom is -0.406 e. The zero-order chi connectivity index (χ0) is 26.4. The van der Waals surface area contributed by atoms with Crippen molar-refractivity contribution in [3.8, 4) is 5.75 Å². The maximum Gasteiger partial charge on any atom is 0.573 e. The van der Waals surface area contributed by atoms with E-state index in [4.69, 9.17) is 10.7 Å². The van der Waals surface area contributed by atoms with E-state index < -0.39 is 12.1 Å². The smallest absolute Gasteiger partial charge is 0.406 e.